The zero-order chi connectivity index (χ0) is 14.4. The lowest BCUT2D eigenvalue weighted by Crippen LogP contribution is -2.09. The van der Waals surface area contributed by atoms with Crippen LogP contribution in [0.2, 0.25) is 0 Å². The molecule has 0 atom stereocenters. The van der Waals surface area contributed by atoms with Crippen molar-refractivity contribution in [3.63, 3.8) is 0 Å². The van der Waals surface area contributed by atoms with Crippen molar-refractivity contribution >= 4 is 11.8 Å². The number of aromatic hydroxyl groups is 1. The molecule has 2 aromatic rings. The lowest BCUT2D eigenvalue weighted by molar-refractivity contribution is 0.0593. The number of phenolic OH excluding ortho intramolecular Hbond substituents is 1. The Kier molecular flexibility index (Phi) is 4.49. The van der Waals surface area contributed by atoms with Crippen molar-refractivity contribution in [2.24, 2.45) is 0 Å². The van der Waals surface area contributed by atoms with Crippen LogP contribution >= 0.6 is 0 Å². The molecule has 0 saturated heterocycles. The van der Waals surface area contributed by atoms with Crippen LogP contribution in [0, 0.1) is 0 Å². The summed E-state index contributed by atoms with van der Waals surface area (Å²) in [7, 11) is 1.30. The Morgan fingerprint density at radius 1 is 1.20 bits per heavy atom. The largest absolute Gasteiger partial charge is 0.508 e. The van der Waals surface area contributed by atoms with Gasteiger partial charge in [-0.1, -0.05) is 12.1 Å². The highest BCUT2D eigenvalue weighted by molar-refractivity contribution is 5.86. The fourth-order valence-electron chi connectivity index (χ4n) is 1.64. The number of phenols is 1. The number of nitrogens with one attached hydrogen (secondary N) is 1. The van der Waals surface area contributed by atoms with Crippen LogP contribution in [-0.4, -0.2) is 34.9 Å². The van der Waals surface area contributed by atoms with Crippen molar-refractivity contribution in [1.29, 1.82) is 0 Å². The molecule has 0 aliphatic heterocycles. The van der Waals surface area contributed by atoms with Gasteiger partial charge in [-0.25, -0.2) is 4.79 Å². The second-order valence-electron chi connectivity index (χ2n) is 4.14. The molecule has 6 nitrogen and oxygen atoms in total. The number of methoxy groups -OCH3 is 1. The van der Waals surface area contributed by atoms with Crippen molar-refractivity contribution in [1.82, 2.24) is 10.2 Å². The third kappa shape index (κ3) is 3.68. The summed E-state index contributed by atoms with van der Waals surface area (Å²) in [5, 5.41) is 19.9. The maximum Gasteiger partial charge on any atom is 0.358 e. The Labute approximate surface area is 116 Å². The summed E-state index contributed by atoms with van der Waals surface area (Å²) in [6, 6.07) is 10.3. The van der Waals surface area contributed by atoms with Gasteiger partial charge >= 0.3 is 5.97 Å². The normalized spacial score (nSPS) is 10.1. The van der Waals surface area contributed by atoms with Crippen LogP contribution in [0.25, 0.3) is 0 Å². The van der Waals surface area contributed by atoms with Crippen LogP contribution in [0.15, 0.2) is 36.4 Å². The number of aromatic nitrogens is 2. The molecule has 0 unspecified atom stereocenters. The molecule has 1 aromatic carbocycles. The summed E-state index contributed by atoms with van der Waals surface area (Å²) in [5.41, 5.74) is 1.28. The van der Waals surface area contributed by atoms with E-state index in [2.05, 4.69) is 20.3 Å². The molecule has 1 aromatic heterocycles. The summed E-state index contributed by atoms with van der Waals surface area (Å²) >= 11 is 0. The molecule has 0 amide bonds. The summed E-state index contributed by atoms with van der Waals surface area (Å²) < 4.78 is 4.54. The average Bonchev–Trinajstić information content (AvgIpc) is 2.49. The summed E-state index contributed by atoms with van der Waals surface area (Å²) in [5.74, 6) is 0.343. The number of ether oxygens (including phenoxy) is 1. The van der Waals surface area contributed by atoms with Crippen LogP contribution in [0.5, 0.6) is 5.75 Å². The Morgan fingerprint density at radius 2 is 1.95 bits per heavy atom. The number of anilines is 1. The molecular formula is C14H15N3O3. The number of nitrogens with zero attached hydrogens (tertiary/aromatic N) is 2. The molecule has 1 heterocycles. The van der Waals surface area contributed by atoms with Crippen molar-refractivity contribution < 1.29 is 14.6 Å². The van der Waals surface area contributed by atoms with Gasteiger partial charge in [-0.3, -0.25) is 0 Å². The first-order chi connectivity index (χ1) is 9.69. The van der Waals surface area contributed by atoms with E-state index in [1.165, 1.54) is 7.11 Å². The number of benzene rings is 1. The monoisotopic (exact) mass is 273 g/mol. The third-order valence-electron chi connectivity index (χ3n) is 2.72. The van der Waals surface area contributed by atoms with Crippen LogP contribution in [0.3, 0.4) is 0 Å². The summed E-state index contributed by atoms with van der Waals surface area (Å²) in [4.78, 5) is 11.2. The second-order valence-corrected chi connectivity index (χ2v) is 4.14. The van der Waals surface area contributed by atoms with E-state index in [1.807, 2.05) is 12.1 Å². The van der Waals surface area contributed by atoms with Crippen LogP contribution in [0.1, 0.15) is 16.1 Å². The molecule has 0 bridgehead atoms. The molecule has 0 spiro atoms. The average molecular weight is 273 g/mol. The molecule has 0 saturated carbocycles. The van der Waals surface area contributed by atoms with Crippen molar-refractivity contribution in [3.05, 3.63) is 47.7 Å². The van der Waals surface area contributed by atoms with E-state index in [0.717, 1.165) is 12.0 Å². The van der Waals surface area contributed by atoms with Crippen LogP contribution < -0.4 is 5.32 Å². The Balaban J connectivity index is 1.85. The van der Waals surface area contributed by atoms with E-state index < -0.39 is 5.97 Å². The molecule has 104 valence electrons. The maximum atomic E-state index is 11.2. The third-order valence-corrected chi connectivity index (χ3v) is 2.72. The standard InChI is InChI=1S/C14H15N3O3/c1-20-14(19)12-6-7-13(17-16-12)15-9-8-10-2-4-11(18)5-3-10/h2-7,18H,8-9H2,1H3,(H,15,17). The predicted molar refractivity (Wildman–Crippen MR) is 73.7 cm³/mol. The van der Waals surface area contributed by atoms with Gasteiger partial charge in [0.1, 0.15) is 11.6 Å². The van der Waals surface area contributed by atoms with Gasteiger partial charge < -0.3 is 15.2 Å². The SMILES string of the molecule is COC(=O)c1ccc(NCCc2ccc(O)cc2)nn1. The van der Waals surface area contributed by atoms with E-state index >= 15 is 0 Å². The number of hydrogen-bond donors (Lipinski definition) is 2. The van der Waals surface area contributed by atoms with E-state index in [0.29, 0.717) is 12.4 Å². The molecule has 0 aliphatic rings. The summed E-state index contributed by atoms with van der Waals surface area (Å²) in [6.07, 6.45) is 0.792. The van der Waals surface area contributed by atoms with Gasteiger partial charge in [0.05, 0.1) is 7.11 Å². The molecule has 0 radical (unpaired) electrons. The van der Waals surface area contributed by atoms with E-state index in [9.17, 15) is 9.90 Å². The fraction of sp³-hybridized carbons (Fsp3) is 0.214. The maximum absolute atomic E-state index is 11.2. The quantitative estimate of drug-likeness (QED) is 0.805. The Morgan fingerprint density at radius 3 is 2.55 bits per heavy atom. The number of carbonyl (C=O) groups is 1. The van der Waals surface area contributed by atoms with E-state index in [1.54, 1.807) is 24.3 Å². The predicted octanol–water partition coefficient (Wildman–Crippen LogP) is 1.62. The van der Waals surface area contributed by atoms with Crippen molar-refractivity contribution in [2.45, 2.75) is 6.42 Å². The van der Waals surface area contributed by atoms with Gasteiger partial charge in [-0.2, -0.15) is 0 Å². The van der Waals surface area contributed by atoms with Gasteiger partial charge in [-0.05, 0) is 36.2 Å². The van der Waals surface area contributed by atoms with Crippen LogP contribution in [-0.2, 0) is 11.2 Å². The molecule has 2 rings (SSSR count). The van der Waals surface area contributed by atoms with E-state index in [-0.39, 0.29) is 11.4 Å². The second kappa shape index (κ2) is 6.51. The van der Waals surface area contributed by atoms with Gasteiger partial charge in [0.25, 0.3) is 0 Å². The number of carbonyl (C=O) groups excluding carboxylic acids is 1. The molecule has 6 heteroatoms. The lowest BCUT2D eigenvalue weighted by atomic mass is 10.1. The Hall–Kier alpha value is -2.63. The Bertz CT molecular complexity index is 567. The topological polar surface area (TPSA) is 84.3 Å². The number of rotatable bonds is 5. The first-order valence-corrected chi connectivity index (χ1v) is 6.13. The van der Waals surface area contributed by atoms with Gasteiger partial charge in [0, 0.05) is 6.54 Å². The highest BCUT2D eigenvalue weighted by Gasteiger charge is 2.07. The van der Waals surface area contributed by atoms with Crippen molar-refractivity contribution in [3.8, 4) is 5.75 Å². The van der Waals surface area contributed by atoms with Gasteiger partial charge in [0.2, 0.25) is 0 Å². The molecule has 0 aliphatic carbocycles. The lowest BCUT2D eigenvalue weighted by Gasteiger charge is -2.05. The smallest absolute Gasteiger partial charge is 0.358 e. The zero-order valence-corrected chi connectivity index (χ0v) is 11.0. The van der Waals surface area contributed by atoms with Crippen LogP contribution in [0.4, 0.5) is 5.82 Å². The summed E-state index contributed by atoms with van der Waals surface area (Å²) in [6.45, 7) is 0.678. The minimum Gasteiger partial charge on any atom is -0.508 e. The highest BCUT2D eigenvalue weighted by atomic mass is 16.5. The molecule has 20 heavy (non-hydrogen) atoms. The minimum absolute atomic E-state index is 0.177. The molecule has 0 fully saturated rings. The van der Waals surface area contributed by atoms with E-state index in [4.69, 9.17) is 0 Å². The first-order valence-electron chi connectivity index (χ1n) is 6.13. The minimum atomic E-state index is -0.506. The molecular weight excluding hydrogens is 258 g/mol. The first kappa shape index (κ1) is 13.8. The number of hydrogen-bond acceptors (Lipinski definition) is 6. The van der Waals surface area contributed by atoms with Gasteiger partial charge in [0.15, 0.2) is 5.69 Å². The van der Waals surface area contributed by atoms with Gasteiger partial charge in [-0.15, -0.1) is 10.2 Å². The number of esters is 1. The van der Waals surface area contributed by atoms with Crippen molar-refractivity contribution in [2.75, 3.05) is 19.0 Å². The zero-order valence-electron chi connectivity index (χ0n) is 11.0. The molecule has 2 N–H and O–H groups in total. The highest BCUT2D eigenvalue weighted by Crippen LogP contribution is 2.10. The fourth-order valence-corrected chi connectivity index (χ4v) is 1.64.